The van der Waals surface area contributed by atoms with Crippen molar-refractivity contribution in [3.8, 4) is 6.07 Å². The lowest BCUT2D eigenvalue weighted by atomic mass is 10.0. The van der Waals surface area contributed by atoms with Gasteiger partial charge < -0.3 is 10.6 Å². The third kappa shape index (κ3) is 4.92. The van der Waals surface area contributed by atoms with E-state index in [9.17, 15) is 19.8 Å². The van der Waals surface area contributed by atoms with Crippen LogP contribution in [-0.2, 0) is 0 Å². The zero-order valence-electron chi connectivity index (χ0n) is 20.8. The minimum atomic E-state index is -1.78. The summed E-state index contributed by atoms with van der Waals surface area (Å²) in [5, 5.41) is 24.6. The summed E-state index contributed by atoms with van der Waals surface area (Å²) in [5.41, 5.74) is 1.54. The second-order valence-electron chi connectivity index (χ2n) is 8.82. The second-order valence-corrected chi connectivity index (χ2v) is 9.23. The van der Waals surface area contributed by atoms with Crippen LogP contribution in [0.3, 0.4) is 0 Å². The van der Waals surface area contributed by atoms with Gasteiger partial charge in [0.05, 0.1) is 53.3 Å². The van der Waals surface area contributed by atoms with E-state index in [0.29, 0.717) is 16.6 Å². The highest BCUT2D eigenvalue weighted by Crippen LogP contribution is 2.38. The maximum absolute atomic E-state index is 13.8. The van der Waals surface area contributed by atoms with Gasteiger partial charge in [-0.25, -0.2) is 19.0 Å². The van der Waals surface area contributed by atoms with Crippen molar-refractivity contribution in [2.75, 3.05) is 10.6 Å². The normalized spacial score (nSPS) is 14.9. The van der Waals surface area contributed by atoms with Crippen LogP contribution in [-0.4, -0.2) is 29.9 Å². The van der Waals surface area contributed by atoms with Gasteiger partial charge in [-0.3, -0.25) is 4.98 Å². The number of rotatable bonds is 7. The number of nitrogens with one attached hydrogen (secondary N) is 2. The number of pyridine rings is 3. The standard InChI is InChI=1S/C26H17ClF3N9/c27-19-6-15(35-24(13-1-4-22(29)32-9-13)21-12-39(38-37-21)17-2-3-17)5-18-23(14(8-31)10-33-25(18)19)36-16-7-20(28)26(30)34-11-16/h1,4-7,9-12,17,24,35H,2-3H2,(H,33,36)/t24-/m1/s1/i24D. The number of benzene rings is 1. The average Bonchev–Trinajstić information content (AvgIpc) is 3.67. The Labute approximate surface area is 225 Å². The Bertz CT molecular complexity index is 1800. The van der Waals surface area contributed by atoms with Gasteiger partial charge >= 0.3 is 0 Å². The monoisotopic (exact) mass is 548 g/mol. The molecule has 1 atom stereocenters. The fraction of sp³-hybridized carbons (Fsp3) is 0.154. The van der Waals surface area contributed by atoms with E-state index in [-0.39, 0.29) is 39.3 Å². The van der Waals surface area contributed by atoms with Crippen LogP contribution >= 0.6 is 11.6 Å². The van der Waals surface area contributed by atoms with Crippen molar-refractivity contribution >= 4 is 39.6 Å². The first-order chi connectivity index (χ1) is 19.2. The van der Waals surface area contributed by atoms with Crippen molar-refractivity contribution in [1.29, 1.82) is 5.26 Å². The lowest BCUT2D eigenvalue weighted by Gasteiger charge is -2.19. The summed E-state index contributed by atoms with van der Waals surface area (Å²) in [6.45, 7) is 0. The predicted octanol–water partition coefficient (Wildman–Crippen LogP) is 5.84. The second kappa shape index (κ2) is 9.85. The van der Waals surface area contributed by atoms with Gasteiger partial charge in [-0.1, -0.05) is 22.9 Å². The predicted molar refractivity (Wildman–Crippen MR) is 137 cm³/mol. The van der Waals surface area contributed by atoms with Gasteiger partial charge in [-0.15, -0.1) is 5.10 Å². The molecule has 0 unspecified atom stereocenters. The zero-order chi connectivity index (χ0) is 28.0. The van der Waals surface area contributed by atoms with Gasteiger partial charge in [-0.05, 0) is 36.6 Å². The van der Waals surface area contributed by atoms with Gasteiger partial charge in [0.1, 0.15) is 11.8 Å². The molecular weight excluding hydrogens is 531 g/mol. The summed E-state index contributed by atoms with van der Waals surface area (Å²) in [7, 11) is 0. The summed E-state index contributed by atoms with van der Waals surface area (Å²) in [6.07, 6.45) is 7.17. The number of hydrogen-bond donors (Lipinski definition) is 2. The molecule has 0 aliphatic heterocycles. The van der Waals surface area contributed by atoms with Crippen molar-refractivity contribution in [2.24, 2.45) is 0 Å². The molecule has 1 saturated carbocycles. The molecule has 0 radical (unpaired) electrons. The third-order valence-corrected chi connectivity index (χ3v) is 6.37. The molecule has 4 heterocycles. The maximum Gasteiger partial charge on any atom is 0.249 e. The largest absolute Gasteiger partial charge is 0.373 e. The molecule has 39 heavy (non-hydrogen) atoms. The number of aromatic nitrogens is 6. The molecule has 2 N–H and O–H groups in total. The molecule has 0 spiro atoms. The first-order valence-corrected chi connectivity index (χ1v) is 12.1. The highest BCUT2D eigenvalue weighted by atomic mass is 35.5. The lowest BCUT2D eigenvalue weighted by Crippen LogP contribution is -2.14. The first-order valence-electron chi connectivity index (χ1n) is 12.2. The van der Waals surface area contributed by atoms with Crippen LogP contribution in [0.1, 0.15) is 43.1 Å². The summed E-state index contributed by atoms with van der Waals surface area (Å²) < 4.78 is 52.0. The number of nitrogens with zero attached hydrogens (tertiary/aromatic N) is 7. The molecule has 1 aliphatic carbocycles. The van der Waals surface area contributed by atoms with E-state index in [2.05, 4.69) is 35.9 Å². The van der Waals surface area contributed by atoms with Crippen molar-refractivity contribution in [2.45, 2.75) is 24.9 Å². The topological polar surface area (TPSA) is 117 Å². The Kier molecular flexibility index (Phi) is 5.90. The summed E-state index contributed by atoms with van der Waals surface area (Å²) in [6, 6.07) is 7.04. The summed E-state index contributed by atoms with van der Waals surface area (Å²) in [5.74, 6) is -3.15. The smallest absolute Gasteiger partial charge is 0.249 e. The molecule has 0 bridgehead atoms. The maximum atomic E-state index is 13.8. The van der Waals surface area contributed by atoms with Crippen molar-refractivity contribution < 1.29 is 14.5 Å². The van der Waals surface area contributed by atoms with Gasteiger partial charge in [0, 0.05) is 29.5 Å². The molecule has 1 fully saturated rings. The van der Waals surface area contributed by atoms with Crippen molar-refractivity contribution in [1.82, 2.24) is 29.9 Å². The Morgan fingerprint density at radius 3 is 2.64 bits per heavy atom. The van der Waals surface area contributed by atoms with Crippen molar-refractivity contribution in [3.63, 3.8) is 0 Å². The number of halogens is 4. The Hall–Kier alpha value is -4.76. The van der Waals surface area contributed by atoms with Gasteiger partial charge in [0.2, 0.25) is 11.9 Å². The average molecular weight is 549 g/mol. The van der Waals surface area contributed by atoms with Crippen molar-refractivity contribution in [3.05, 3.63) is 94.7 Å². The highest BCUT2D eigenvalue weighted by molar-refractivity contribution is 6.36. The number of anilines is 3. The fourth-order valence-electron chi connectivity index (χ4n) is 4.05. The van der Waals surface area contributed by atoms with Gasteiger partial charge in [0.15, 0.2) is 5.82 Å². The number of hydrogen-bond acceptors (Lipinski definition) is 8. The molecule has 5 aromatic rings. The minimum Gasteiger partial charge on any atom is -0.373 e. The van der Waals surface area contributed by atoms with E-state index >= 15 is 0 Å². The molecule has 1 aromatic carbocycles. The number of fused-ring (bicyclic) bond motifs is 1. The number of nitriles is 1. The summed E-state index contributed by atoms with van der Waals surface area (Å²) >= 11 is 6.58. The minimum absolute atomic E-state index is 0.0845. The molecular formula is C26H17ClF3N9. The van der Waals surface area contributed by atoms with Crippen LogP contribution in [0.25, 0.3) is 10.9 Å². The van der Waals surface area contributed by atoms with Crippen LogP contribution in [0.15, 0.2) is 55.1 Å². The quantitative estimate of drug-likeness (QED) is 0.244. The summed E-state index contributed by atoms with van der Waals surface area (Å²) in [4.78, 5) is 11.4. The van der Waals surface area contributed by atoms with E-state index in [1.807, 2.05) is 6.07 Å². The first kappa shape index (κ1) is 23.4. The highest BCUT2D eigenvalue weighted by Gasteiger charge is 2.27. The van der Waals surface area contributed by atoms with E-state index in [0.717, 1.165) is 31.2 Å². The molecule has 13 heteroatoms. The van der Waals surface area contributed by atoms with Crippen LogP contribution in [0, 0.1) is 29.0 Å². The molecule has 0 amide bonds. The Morgan fingerprint density at radius 1 is 1.08 bits per heavy atom. The molecule has 194 valence electrons. The zero-order valence-corrected chi connectivity index (χ0v) is 20.6. The Balaban J connectivity index is 1.47. The molecule has 0 saturated heterocycles. The van der Waals surface area contributed by atoms with Crippen LogP contribution in [0.2, 0.25) is 5.02 Å². The lowest BCUT2D eigenvalue weighted by molar-refractivity contribution is 0.480. The van der Waals surface area contributed by atoms with Gasteiger partial charge in [-0.2, -0.15) is 14.0 Å². The fourth-order valence-corrected chi connectivity index (χ4v) is 4.31. The molecule has 6 rings (SSSR count). The van der Waals surface area contributed by atoms with E-state index in [1.54, 1.807) is 16.9 Å². The molecule has 1 aliphatic rings. The van der Waals surface area contributed by atoms with E-state index in [4.69, 9.17) is 11.6 Å². The molecule has 4 aromatic heterocycles. The molecule has 9 nitrogen and oxygen atoms in total. The Morgan fingerprint density at radius 2 is 1.92 bits per heavy atom. The third-order valence-electron chi connectivity index (χ3n) is 6.08. The van der Waals surface area contributed by atoms with Gasteiger partial charge in [0.25, 0.3) is 0 Å². The SMILES string of the molecule is [2H][C@@](Nc1cc(Cl)c2ncc(C#N)c(Nc3cnc(F)c(F)c3)c2c1)(c1ccc(F)nc1)c1cn(C2CC2)nn1. The van der Waals surface area contributed by atoms with E-state index in [1.165, 1.54) is 24.5 Å². The van der Waals surface area contributed by atoms with Crippen LogP contribution in [0.5, 0.6) is 0 Å². The van der Waals surface area contributed by atoms with E-state index < -0.39 is 23.7 Å². The van der Waals surface area contributed by atoms with Crippen LogP contribution in [0.4, 0.5) is 30.2 Å². The van der Waals surface area contributed by atoms with Crippen LogP contribution < -0.4 is 10.6 Å².